The third-order valence-corrected chi connectivity index (χ3v) is 6.72. The molecule has 1 fully saturated rings. The zero-order valence-electron chi connectivity index (χ0n) is 20.0. The number of nitrogens with zero attached hydrogens (tertiary/aromatic N) is 4. The number of carbonyl (C=O) groups is 1. The molecule has 178 valence electrons. The van der Waals surface area contributed by atoms with Gasteiger partial charge in [0.15, 0.2) is 5.13 Å². The lowest BCUT2D eigenvalue weighted by molar-refractivity contribution is -0.111. The van der Waals surface area contributed by atoms with Crippen molar-refractivity contribution in [3.8, 4) is 11.3 Å². The molecule has 2 aromatic heterocycles. The average molecular weight is 477 g/mol. The Morgan fingerprint density at radius 2 is 2.00 bits per heavy atom. The lowest BCUT2D eigenvalue weighted by atomic mass is 10.1. The molecule has 0 bridgehead atoms. The minimum atomic E-state index is -0.235. The van der Waals surface area contributed by atoms with E-state index in [1.807, 2.05) is 37.4 Å². The number of benzene rings is 1. The number of aromatic nitrogens is 2. The Kier molecular flexibility index (Phi) is 7.72. The van der Waals surface area contributed by atoms with Crippen LogP contribution in [-0.4, -0.2) is 57.9 Å². The number of pyridine rings is 1. The molecule has 3 aromatic rings. The number of rotatable bonds is 8. The summed E-state index contributed by atoms with van der Waals surface area (Å²) in [6.45, 7) is 15.2. The number of thiazole rings is 1. The van der Waals surface area contributed by atoms with Crippen LogP contribution in [0.4, 0.5) is 16.6 Å². The van der Waals surface area contributed by atoms with Gasteiger partial charge in [0.1, 0.15) is 5.82 Å². The largest absolute Gasteiger partial charge is 0.323 e. The molecule has 0 spiro atoms. The van der Waals surface area contributed by atoms with Crippen molar-refractivity contribution >= 4 is 33.9 Å². The van der Waals surface area contributed by atoms with Crippen molar-refractivity contribution < 1.29 is 4.79 Å². The summed E-state index contributed by atoms with van der Waals surface area (Å²) in [5.74, 6) is 0.532. The van der Waals surface area contributed by atoms with Crippen LogP contribution in [0.5, 0.6) is 0 Å². The monoisotopic (exact) mass is 476 g/mol. The second-order valence-electron chi connectivity index (χ2n) is 8.83. The summed E-state index contributed by atoms with van der Waals surface area (Å²) < 4.78 is 0. The Morgan fingerprint density at radius 1 is 1.21 bits per heavy atom. The molecule has 8 heteroatoms. The molecule has 34 heavy (non-hydrogen) atoms. The van der Waals surface area contributed by atoms with E-state index in [2.05, 4.69) is 58.0 Å². The third-order valence-electron chi connectivity index (χ3n) is 5.90. The quantitative estimate of drug-likeness (QED) is 0.450. The summed E-state index contributed by atoms with van der Waals surface area (Å²) in [5, 5.41) is 7.03. The lowest BCUT2D eigenvalue weighted by Gasteiger charge is -2.37. The minimum absolute atomic E-state index is 0.235. The van der Waals surface area contributed by atoms with Crippen LogP contribution in [0.25, 0.3) is 11.3 Å². The Labute approximate surface area is 205 Å². The molecule has 0 atom stereocenters. The molecule has 1 amide bonds. The highest BCUT2D eigenvalue weighted by molar-refractivity contribution is 7.15. The number of aryl methyl sites for hydroxylation is 1. The molecule has 0 unspecified atom stereocenters. The number of hydrogen-bond donors (Lipinski definition) is 2. The van der Waals surface area contributed by atoms with Crippen molar-refractivity contribution in [3.63, 3.8) is 0 Å². The molecular weight excluding hydrogens is 444 g/mol. The molecule has 0 radical (unpaired) electrons. The van der Waals surface area contributed by atoms with Gasteiger partial charge in [-0.2, -0.15) is 0 Å². The second kappa shape index (κ2) is 10.9. The summed E-state index contributed by atoms with van der Waals surface area (Å²) >= 11 is 1.61. The summed E-state index contributed by atoms with van der Waals surface area (Å²) in [6, 6.07) is 12.6. The van der Waals surface area contributed by atoms with Crippen molar-refractivity contribution in [1.29, 1.82) is 0 Å². The number of nitrogens with one attached hydrogen (secondary N) is 2. The van der Waals surface area contributed by atoms with E-state index in [1.54, 1.807) is 11.3 Å². The van der Waals surface area contributed by atoms with Gasteiger partial charge in [0, 0.05) is 61.1 Å². The van der Waals surface area contributed by atoms with Crippen LogP contribution < -0.4 is 10.6 Å². The van der Waals surface area contributed by atoms with Crippen LogP contribution in [0.2, 0.25) is 0 Å². The van der Waals surface area contributed by atoms with Gasteiger partial charge in [-0.3, -0.25) is 14.6 Å². The number of hydrogen-bond acceptors (Lipinski definition) is 7. The van der Waals surface area contributed by atoms with E-state index in [1.165, 1.54) is 11.6 Å². The highest BCUT2D eigenvalue weighted by Crippen LogP contribution is 2.27. The summed E-state index contributed by atoms with van der Waals surface area (Å²) in [7, 11) is 0. The first kappa shape index (κ1) is 24.1. The molecule has 1 aliphatic rings. The molecule has 0 saturated carbocycles. The van der Waals surface area contributed by atoms with Crippen LogP contribution in [-0.2, 0) is 11.3 Å². The maximum absolute atomic E-state index is 11.8. The van der Waals surface area contributed by atoms with Gasteiger partial charge in [-0.05, 0) is 56.7 Å². The fourth-order valence-corrected chi connectivity index (χ4v) is 4.73. The zero-order valence-corrected chi connectivity index (χ0v) is 20.9. The van der Waals surface area contributed by atoms with Gasteiger partial charge >= 0.3 is 0 Å². The fourth-order valence-electron chi connectivity index (χ4n) is 4.06. The van der Waals surface area contributed by atoms with Crippen LogP contribution in [0.1, 0.15) is 24.3 Å². The zero-order chi connectivity index (χ0) is 24.1. The number of piperazine rings is 1. The van der Waals surface area contributed by atoms with Crippen LogP contribution >= 0.6 is 11.3 Å². The Bertz CT molecular complexity index is 1150. The molecule has 0 aliphatic carbocycles. The molecule has 1 aromatic carbocycles. The van der Waals surface area contributed by atoms with E-state index in [4.69, 9.17) is 4.98 Å². The van der Waals surface area contributed by atoms with E-state index in [-0.39, 0.29) is 5.91 Å². The molecule has 4 rings (SSSR count). The molecule has 3 heterocycles. The first-order valence-corrected chi connectivity index (χ1v) is 12.4. The minimum Gasteiger partial charge on any atom is -0.323 e. The SMILES string of the molecule is C=CC(=O)Nc1cccc(-c2cc(CN3CCN(C(C)C)CC3)cc(Nc3ncc(C)s3)n2)c1. The van der Waals surface area contributed by atoms with Gasteiger partial charge in [0.25, 0.3) is 0 Å². The van der Waals surface area contributed by atoms with Crippen molar-refractivity contribution in [1.82, 2.24) is 19.8 Å². The standard InChI is InChI=1S/C26H32N6OS/c1-5-25(33)28-22-8-6-7-21(15-22)23-13-20(17-31-9-11-32(12-10-31)18(2)3)14-24(29-23)30-26-27-16-19(4)34-26/h5-8,13-16,18H,1,9-12,17H2,2-4H3,(H,28,33)(H,27,29,30). The van der Waals surface area contributed by atoms with Gasteiger partial charge in [-0.15, -0.1) is 11.3 Å². The number of anilines is 3. The van der Waals surface area contributed by atoms with E-state index in [0.29, 0.717) is 11.7 Å². The maximum Gasteiger partial charge on any atom is 0.247 e. The van der Waals surface area contributed by atoms with E-state index in [0.717, 1.165) is 59.8 Å². The molecular formula is C26H32N6OS. The van der Waals surface area contributed by atoms with Crippen molar-refractivity contribution in [2.45, 2.75) is 33.4 Å². The van der Waals surface area contributed by atoms with Crippen molar-refractivity contribution in [2.75, 3.05) is 36.8 Å². The van der Waals surface area contributed by atoms with Gasteiger partial charge in [-0.1, -0.05) is 18.7 Å². The highest BCUT2D eigenvalue weighted by Gasteiger charge is 2.19. The first-order valence-electron chi connectivity index (χ1n) is 11.6. The average Bonchev–Trinajstić information content (AvgIpc) is 3.23. The van der Waals surface area contributed by atoms with Crippen LogP contribution in [0.3, 0.4) is 0 Å². The Balaban J connectivity index is 1.60. The van der Waals surface area contributed by atoms with Crippen LogP contribution in [0, 0.1) is 6.92 Å². The molecule has 1 saturated heterocycles. The Morgan fingerprint density at radius 3 is 2.68 bits per heavy atom. The Hall–Kier alpha value is -3.07. The smallest absolute Gasteiger partial charge is 0.247 e. The summed E-state index contributed by atoms with van der Waals surface area (Å²) in [6.07, 6.45) is 3.13. The van der Waals surface area contributed by atoms with E-state index < -0.39 is 0 Å². The second-order valence-corrected chi connectivity index (χ2v) is 10.1. The van der Waals surface area contributed by atoms with Gasteiger partial charge in [-0.25, -0.2) is 9.97 Å². The normalized spacial score (nSPS) is 14.8. The predicted octanol–water partition coefficient (Wildman–Crippen LogP) is 4.91. The maximum atomic E-state index is 11.8. The number of amides is 1. The fraction of sp³-hybridized carbons (Fsp3) is 0.346. The topological polar surface area (TPSA) is 73.4 Å². The molecule has 1 aliphatic heterocycles. The lowest BCUT2D eigenvalue weighted by Crippen LogP contribution is -2.48. The van der Waals surface area contributed by atoms with Gasteiger partial charge in [0.05, 0.1) is 5.69 Å². The predicted molar refractivity (Wildman–Crippen MR) is 141 cm³/mol. The first-order chi connectivity index (χ1) is 16.4. The number of carbonyl (C=O) groups excluding carboxylic acids is 1. The van der Waals surface area contributed by atoms with Gasteiger partial charge in [0.2, 0.25) is 5.91 Å². The van der Waals surface area contributed by atoms with E-state index >= 15 is 0 Å². The van der Waals surface area contributed by atoms with Crippen LogP contribution in [0.15, 0.2) is 55.3 Å². The molecule has 7 nitrogen and oxygen atoms in total. The van der Waals surface area contributed by atoms with Crippen molar-refractivity contribution in [3.05, 3.63) is 65.7 Å². The van der Waals surface area contributed by atoms with E-state index in [9.17, 15) is 4.79 Å². The third kappa shape index (κ3) is 6.28. The highest BCUT2D eigenvalue weighted by atomic mass is 32.1. The van der Waals surface area contributed by atoms with Crippen molar-refractivity contribution in [2.24, 2.45) is 0 Å². The van der Waals surface area contributed by atoms with Gasteiger partial charge < -0.3 is 10.6 Å². The summed E-state index contributed by atoms with van der Waals surface area (Å²) in [4.78, 5) is 27.2. The molecule has 2 N–H and O–H groups in total. The summed E-state index contributed by atoms with van der Waals surface area (Å²) in [5.41, 5.74) is 3.69.